The highest BCUT2D eigenvalue weighted by Gasteiger charge is 2.19. The van der Waals surface area contributed by atoms with Crippen LogP contribution in [0.1, 0.15) is 10.4 Å². The van der Waals surface area contributed by atoms with Gasteiger partial charge in [-0.3, -0.25) is 14.8 Å². The second kappa shape index (κ2) is 7.36. The van der Waals surface area contributed by atoms with Gasteiger partial charge in [-0.05, 0) is 12.1 Å². The summed E-state index contributed by atoms with van der Waals surface area (Å²) in [6.45, 7) is 0. The number of nitrogens with two attached hydrogens (primary N) is 2. The number of halogens is 4. The van der Waals surface area contributed by atoms with E-state index in [4.69, 9.17) is 11.5 Å². The van der Waals surface area contributed by atoms with E-state index in [9.17, 15) is 18.0 Å². The minimum absolute atomic E-state index is 0. The summed E-state index contributed by atoms with van der Waals surface area (Å²) in [7, 11) is 0. The molecule has 4 N–H and O–H groups in total. The van der Waals surface area contributed by atoms with Gasteiger partial charge in [0.2, 0.25) is 0 Å². The van der Waals surface area contributed by atoms with Crippen molar-refractivity contribution in [2.24, 2.45) is 16.5 Å². The maximum absolute atomic E-state index is 14.0. The molecule has 0 aliphatic heterocycles. The fourth-order valence-electron chi connectivity index (χ4n) is 2.36. The molecule has 10 heteroatoms. The van der Waals surface area contributed by atoms with Crippen molar-refractivity contribution in [3.8, 4) is 11.3 Å². The molecule has 0 bridgehead atoms. The minimum atomic E-state index is -0.971. The van der Waals surface area contributed by atoms with Gasteiger partial charge in [-0.2, -0.15) is 4.99 Å². The van der Waals surface area contributed by atoms with Gasteiger partial charge >= 0.3 is 0 Å². The average molecular weight is 382 g/mol. The first-order valence-corrected chi connectivity index (χ1v) is 6.90. The third-order valence-corrected chi connectivity index (χ3v) is 3.41. The Morgan fingerprint density at radius 1 is 0.962 bits per heavy atom. The number of nitrogens with zero attached hydrogens (tertiary/aromatic N) is 3. The van der Waals surface area contributed by atoms with E-state index in [0.717, 1.165) is 18.6 Å². The maximum Gasteiger partial charge on any atom is 0.280 e. The molecule has 3 rings (SSSR count). The Hall–Kier alpha value is -3.20. The number of carbonyl (C=O) groups is 1. The lowest BCUT2D eigenvalue weighted by Crippen LogP contribution is -2.24. The molecule has 0 radical (unpaired) electrons. The van der Waals surface area contributed by atoms with Crippen LogP contribution in [0.5, 0.6) is 0 Å². The van der Waals surface area contributed by atoms with Crippen molar-refractivity contribution in [1.29, 1.82) is 0 Å². The number of aliphatic imine (C=N–C) groups is 1. The van der Waals surface area contributed by atoms with Crippen molar-refractivity contribution >= 4 is 35.0 Å². The standard InChI is InChI=1S/C16H10F3N5O.ClH/c17-10-6-23-14(13-11(18)4-22-5-12(13)19)9-3-7(1-2-8(9)10)15(25)24-16(20)21;/h1-6H,(H4,20,21,24,25);1H. The summed E-state index contributed by atoms with van der Waals surface area (Å²) in [5.74, 6) is -3.89. The quantitative estimate of drug-likeness (QED) is 0.524. The fraction of sp³-hybridized carbons (Fsp3) is 0. The van der Waals surface area contributed by atoms with Gasteiger partial charge in [0.05, 0.1) is 29.8 Å². The summed E-state index contributed by atoms with van der Waals surface area (Å²) in [4.78, 5) is 22.5. The topological polar surface area (TPSA) is 107 Å². The lowest BCUT2D eigenvalue weighted by atomic mass is 10.0. The number of hydrogen-bond donors (Lipinski definition) is 2. The second-order valence-corrected chi connectivity index (χ2v) is 5.04. The molecule has 2 aromatic heterocycles. The van der Waals surface area contributed by atoms with Crippen LogP contribution in [0, 0.1) is 17.5 Å². The van der Waals surface area contributed by atoms with E-state index in [-0.39, 0.29) is 34.4 Å². The van der Waals surface area contributed by atoms with Crippen LogP contribution in [-0.4, -0.2) is 21.8 Å². The second-order valence-electron chi connectivity index (χ2n) is 5.04. The van der Waals surface area contributed by atoms with Crippen LogP contribution in [0.2, 0.25) is 0 Å². The third-order valence-electron chi connectivity index (χ3n) is 3.41. The van der Waals surface area contributed by atoms with Crippen molar-refractivity contribution in [1.82, 2.24) is 9.97 Å². The molecule has 26 heavy (non-hydrogen) atoms. The van der Waals surface area contributed by atoms with Crippen LogP contribution in [0.3, 0.4) is 0 Å². The molecule has 0 aliphatic carbocycles. The molecule has 0 saturated heterocycles. The molecule has 2 heterocycles. The van der Waals surface area contributed by atoms with Crippen LogP contribution in [0.4, 0.5) is 13.2 Å². The van der Waals surface area contributed by atoms with E-state index in [1.165, 1.54) is 18.2 Å². The van der Waals surface area contributed by atoms with Gasteiger partial charge in [0.15, 0.2) is 17.6 Å². The van der Waals surface area contributed by atoms with E-state index in [1.54, 1.807) is 0 Å². The van der Waals surface area contributed by atoms with Gasteiger partial charge in [0.1, 0.15) is 5.82 Å². The molecule has 6 nitrogen and oxygen atoms in total. The summed E-state index contributed by atoms with van der Waals surface area (Å²) >= 11 is 0. The van der Waals surface area contributed by atoms with E-state index >= 15 is 0 Å². The average Bonchev–Trinajstić information content (AvgIpc) is 2.55. The van der Waals surface area contributed by atoms with E-state index in [1.807, 2.05) is 0 Å². The lowest BCUT2D eigenvalue weighted by molar-refractivity contribution is 0.100. The molecular formula is C16H11ClF3N5O. The van der Waals surface area contributed by atoms with Gasteiger partial charge in [0.25, 0.3) is 5.91 Å². The number of benzene rings is 1. The van der Waals surface area contributed by atoms with Gasteiger partial charge in [0, 0.05) is 16.3 Å². The normalized spacial score (nSPS) is 10.3. The third kappa shape index (κ3) is 3.42. The number of hydrogen-bond acceptors (Lipinski definition) is 3. The molecule has 0 atom stereocenters. The van der Waals surface area contributed by atoms with Crippen molar-refractivity contribution in [3.05, 3.63) is 59.8 Å². The summed E-state index contributed by atoms with van der Waals surface area (Å²) in [5, 5.41) is 0.0579. The molecule has 134 valence electrons. The molecular weight excluding hydrogens is 371 g/mol. The molecule has 0 fully saturated rings. The fourth-order valence-corrected chi connectivity index (χ4v) is 2.36. The summed E-state index contributed by atoms with van der Waals surface area (Å²) in [5.41, 5.74) is 9.66. The van der Waals surface area contributed by atoms with E-state index < -0.39 is 34.9 Å². The first kappa shape index (κ1) is 19.1. The minimum Gasteiger partial charge on any atom is -0.370 e. The molecule has 0 saturated carbocycles. The zero-order chi connectivity index (χ0) is 18.1. The number of pyridine rings is 2. The maximum atomic E-state index is 14.0. The van der Waals surface area contributed by atoms with Crippen LogP contribution < -0.4 is 11.5 Å². The van der Waals surface area contributed by atoms with Gasteiger partial charge in [-0.1, -0.05) is 6.07 Å². The van der Waals surface area contributed by atoms with Crippen molar-refractivity contribution in [3.63, 3.8) is 0 Å². The molecule has 1 aromatic carbocycles. The first-order valence-electron chi connectivity index (χ1n) is 6.90. The molecule has 1 amide bonds. The number of amides is 1. The number of guanidine groups is 1. The number of carbonyl (C=O) groups excluding carboxylic acids is 1. The summed E-state index contributed by atoms with van der Waals surface area (Å²) < 4.78 is 42.1. The van der Waals surface area contributed by atoms with Crippen molar-refractivity contribution < 1.29 is 18.0 Å². The van der Waals surface area contributed by atoms with E-state index in [0.29, 0.717) is 0 Å². The molecule has 0 spiro atoms. The highest BCUT2D eigenvalue weighted by Crippen LogP contribution is 2.32. The van der Waals surface area contributed by atoms with Crippen molar-refractivity contribution in [2.45, 2.75) is 0 Å². The number of rotatable bonds is 2. The Kier molecular flexibility index (Phi) is 5.41. The predicted octanol–water partition coefficient (Wildman–Crippen LogP) is 2.55. The zero-order valence-electron chi connectivity index (χ0n) is 12.9. The van der Waals surface area contributed by atoms with E-state index in [2.05, 4.69) is 15.0 Å². The van der Waals surface area contributed by atoms with Crippen LogP contribution in [0.25, 0.3) is 22.0 Å². The zero-order valence-corrected chi connectivity index (χ0v) is 13.7. The highest BCUT2D eigenvalue weighted by molar-refractivity contribution is 6.06. The van der Waals surface area contributed by atoms with Crippen LogP contribution in [-0.2, 0) is 0 Å². The largest absolute Gasteiger partial charge is 0.370 e. The monoisotopic (exact) mass is 381 g/mol. The predicted molar refractivity (Wildman–Crippen MR) is 92.2 cm³/mol. The molecule has 0 aliphatic rings. The first-order chi connectivity index (χ1) is 11.9. The Labute approximate surface area is 151 Å². The molecule has 3 aromatic rings. The van der Waals surface area contributed by atoms with Gasteiger partial charge < -0.3 is 11.5 Å². The summed E-state index contributed by atoms with van der Waals surface area (Å²) in [6.07, 6.45) is 2.46. The Balaban J connectivity index is 0.00000243. The Morgan fingerprint density at radius 3 is 2.23 bits per heavy atom. The SMILES string of the molecule is Cl.NC(N)=NC(=O)c1ccc2c(F)cnc(-c3c(F)cncc3F)c2c1. The highest BCUT2D eigenvalue weighted by atomic mass is 35.5. The van der Waals surface area contributed by atoms with Gasteiger partial charge in [-0.15, -0.1) is 12.4 Å². The lowest BCUT2D eigenvalue weighted by Gasteiger charge is -2.09. The van der Waals surface area contributed by atoms with Crippen LogP contribution >= 0.6 is 12.4 Å². The summed E-state index contributed by atoms with van der Waals surface area (Å²) in [6, 6.07) is 3.79. The van der Waals surface area contributed by atoms with Crippen LogP contribution in [0.15, 0.2) is 41.8 Å². The Bertz CT molecular complexity index is 1020. The van der Waals surface area contributed by atoms with Crippen molar-refractivity contribution in [2.75, 3.05) is 0 Å². The molecule has 0 unspecified atom stereocenters. The van der Waals surface area contributed by atoms with Gasteiger partial charge in [-0.25, -0.2) is 13.2 Å². The number of fused-ring (bicyclic) bond motifs is 1. The Morgan fingerprint density at radius 2 is 1.62 bits per heavy atom. The number of aromatic nitrogens is 2. The smallest absolute Gasteiger partial charge is 0.280 e.